The van der Waals surface area contributed by atoms with Crippen molar-refractivity contribution >= 4 is 35.0 Å². The second-order valence-electron chi connectivity index (χ2n) is 13.0. The van der Waals surface area contributed by atoms with Crippen LogP contribution in [0.4, 0.5) is 25.0 Å². The van der Waals surface area contributed by atoms with Crippen LogP contribution >= 0.6 is 11.6 Å². The van der Waals surface area contributed by atoms with E-state index in [0.717, 1.165) is 12.1 Å². The first-order valence-corrected chi connectivity index (χ1v) is 14.2. The van der Waals surface area contributed by atoms with E-state index < -0.39 is 51.7 Å². The molecule has 1 heterocycles. The largest absolute Gasteiger partial charge is 0.489 e. The lowest BCUT2D eigenvalue weighted by atomic mass is 9.49. The molecule has 0 radical (unpaired) electrons. The van der Waals surface area contributed by atoms with Crippen LogP contribution in [0.3, 0.4) is 0 Å². The molecule has 8 nitrogen and oxygen atoms in total. The number of halogens is 3. The Morgan fingerprint density at radius 2 is 1.60 bits per heavy atom. The Bertz CT molecular complexity index is 1390. The van der Waals surface area contributed by atoms with Crippen molar-refractivity contribution in [3.05, 3.63) is 64.0 Å². The number of piperazine rings is 1. The third-order valence-corrected chi connectivity index (χ3v) is 8.26. The van der Waals surface area contributed by atoms with Gasteiger partial charge in [-0.15, -0.1) is 0 Å². The molecule has 2 aromatic carbocycles. The van der Waals surface area contributed by atoms with E-state index in [-0.39, 0.29) is 11.1 Å². The van der Waals surface area contributed by atoms with E-state index in [0.29, 0.717) is 43.3 Å². The minimum atomic E-state index is -0.964. The van der Waals surface area contributed by atoms with E-state index in [1.54, 1.807) is 48.8 Å². The average molecular weight is 603 g/mol. The Morgan fingerprint density at radius 3 is 2.10 bits per heavy atom. The van der Waals surface area contributed by atoms with Crippen LogP contribution in [0.5, 0.6) is 5.75 Å². The number of nitrogens with zero attached hydrogens (tertiary/aromatic N) is 3. The number of nitrogens with one attached hydrogen (secondary N) is 1. The number of anilines is 1. The van der Waals surface area contributed by atoms with Gasteiger partial charge in [-0.3, -0.25) is 4.79 Å². The van der Waals surface area contributed by atoms with Crippen LogP contribution < -0.4 is 15.0 Å². The number of rotatable bonds is 5. The minimum Gasteiger partial charge on any atom is -0.489 e. The van der Waals surface area contributed by atoms with Gasteiger partial charge in [0.25, 0.3) is 5.91 Å². The van der Waals surface area contributed by atoms with E-state index in [1.165, 1.54) is 0 Å². The summed E-state index contributed by atoms with van der Waals surface area (Å²) in [5.74, 6) is -2.29. The Kier molecular flexibility index (Phi) is 8.40. The zero-order valence-corrected chi connectivity index (χ0v) is 25.7. The normalized spacial score (nSPS) is 21.2. The smallest absolute Gasteiger partial charge is 0.410 e. The molecule has 1 aliphatic carbocycles. The predicted molar refractivity (Wildman–Crippen MR) is 157 cm³/mol. The summed E-state index contributed by atoms with van der Waals surface area (Å²) in [6.45, 7) is 21.6. The van der Waals surface area contributed by atoms with Crippen LogP contribution in [0.15, 0.2) is 30.3 Å². The van der Waals surface area contributed by atoms with Crippen LogP contribution in [0.2, 0.25) is 5.02 Å². The first kappa shape index (κ1) is 31.4. The molecule has 0 bridgehead atoms. The molecule has 2 fully saturated rings. The van der Waals surface area contributed by atoms with Crippen molar-refractivity contribution in [2.24, 2.45) is 10.8 Å². The third kappa shape index (κ3) is 6.12. The highest BCUT2D eigenvalue weighted by atomic mass is 35.5. The van der Waals surface area contributed by atoms with Gasteiger partial charge in [0.05, 0.1) is 11.6 Å². The van der Waals surface area contributed by atoms with Crippen molar-refractivity contribution in [2.45, 2.75) is 66.2 Å². The minimum absolute atomic E-state index is 0.279. The Hall–Kier alpha value is -3.58. The molecule has 11 heteroatoms. The van der Waals surface area contributed by atoms with Crippen molar-refractivity contribution in [1.29, 1.82) is 0 Å². The summed E-state index contributed by atoms with van der Waals surface area (Å²) in [6, 6.07) is 6.68. The summed E-state index contributed by atoms with van der Waals surface area (Å²) in [5, 5.41) is 3.12. The van der Waals surface area contributed by atoms with Crippen LogP contribution in [-0.2, 0) is 4.74 Å². The fourth-order valence-corrected chi connectivity index (χ4v) is 6.44. The lowest BCUT2D eigenvalue weighted by Gasteiger charge is -2.63. The average Bonchev–Trinajstić information content (AvgIpc) is 2.89. The van der Waals surface area contributed by atoms with Gasteiger partial charge >= 0.3 is 6.09 Å². The van der Waals surface area contributed by atoms with E-state index in [1.807, 2.05) is 27.7 Å². The summed E-state index contributed by atoms with van der Waals surface area (Å²) in [4.78, 5) is 32.2. The van der Waals surface area contributed by atoms with Gasteiger partial charge < -0.3 is 24.6 Å². The topological polar surface area (TPSA) is 75.5 Å². The summed E-state index contributed by atoms with van der Waals surface area (Å²) < 4.78 is 42.2. The highest BCUT2D eigenvalue weighted by Gasteiger charge is 2.64. The molecule has 0 unspecified atom stereocenters. The Morgan fingerprint density at radius 1 is 1.02 bits per heavy atom. The molecule has 2 aromatic rings. The standard InChI is InChI=1S/C31H37ClF2N4O4/c1-29(2,3)42-28(40)38-13-11-37(12-14-38)18-15-21(33)24(22(34)16-18)25(39)36-26-30(4,5)27(31(26,6)7)41-19-9-10-23(35-8)20(32)17-19/h9-10,15-17,26-27H,11-14H2,1-7H3,(H,36,39). The maximum absolute atomic E-state index is 15.3. The van der Waals surface area contributed by atoms with Crippen molar-refractivity contribution in [2.75, 3.05) is 31.1 Å². The third-order valence-electron chi connectivity index (χ3n) is 7.96. The number of hydrogen-bond donors (Lipinski definition) is 1. The predicted octanol–water partition coefficient (Wildman–Crippen LogP) is 6.84. The molecule has 0 aromatic heterocycles. The molecule has 2 aliphatic rings. The van der Waals surface area contributed by atoms with Gasteiger partial charge in [-0.25, -0.2) is 18.4 Å². The number of hydrogen-bond acceptors (Lipinski definition) is 5. The van der Waals surface area contributed by atoms with E-state index >= 15 is 8.78 Å². The summed E-state index contributed by atoms with van der Waals surface area (Å²) in [5.41, 5.74) is -1.83. The van der Waals surface area contributed by atoms with Crippen LogP contribution in [0, 0.1) is 29.0 Å². The molecule has 226 valence electrons. The van der Waals surface area contributed by atoms with Gasteiger partial charge in [0.1, 0.15) is 34.7 Å². The van der Waals surface area contributed by atoms with Gasteiger partial charge in [-0.2, -0.15) is 0 Å². The zero-order chi connectivity index (χ0) is 31.2. The zero-order valence-electron chi connectivity index (χ0n) is 25.0. The number of amides is 2. The van der Waals surface area contributed by atoms with E-state index in [9.17, 15) is 9.59 Å². The molecule has 2 amide bonds. The lowest BCUT2D eigenvalue weighted by molar-refractivity contribution is -0.164. The first-order valence-electron chi connectivity index (χ1n) is 13.8. The van der Waals surface area contributed by atoms with E-state index in [2.05, 4.69) is 10.2 Å². The van der Waals surface area contributed by atoms with Crippen molar-refractivity contribution in [3.8, 4) is 5.75 Å². The second-order valence-corrected chi connectivity index (χ2v) is 13.4. The molecule has 1 saturated heterocycles. The van der Waals surface area contributed by atoms with Gasteiger partial charge in [-0.05, 0) is 45.0 Å². The Labute approximate surface area is 250 Å². The lowest BCUT2D eigenvalue weighted by Crippen LogP contribution is -2.74. The van der Waals surface area contributed by atoms with Gasteiger partial charge in [0.2, 0.25) is 5.69 Å². The van der Waals surface area contributed by atoms with Crippen LogP contribution in [0.1, 0.15) is 58.8 Å². The Balaban J connectivity index is 1.43. The van der Waals surface area contributed by atoms with E-state index in [4.69, 9.17) is 27.6 Å². The van der Waals surface area contributed by atoms with Crippen LogP contribution in [-0.4, -0.2) is 60.8 Å². The van der Waals surface area contributed by atoms with Crippen molar-refractivity contribution < 1.29 is 27.8 Å². The molecule has 1 aliphatic heterocycles. The summed E-state index contributed by atoms with van der Waals surface area (Å²) >= 11 is 6.17. The SMILES string of the molecule is [C-]#[N+]c1ccc(OC2C(C)(C)C(NC(=O)c3c(F)cc(N4CCN(C(=O)OC(C)(C)C)CC4)cc3F)C2(C)C)cc1Cl. The highest BCUT2D eigenvalue weighted by molar-refractivity contribution is 6.33. The van der Waals surface area contributed by atoms with Gasteiger partial charge in [-0.1, -0.05) is 45.4 Å². The highest BCUT2D eigenvalue weighted by Crippen LogP contribution is 2.55. The number of benzene rings is 2. The second kappa shape index (κ2) is 11.3. The molecular weight excluding hydrogens is 566 g/mol. The summed E-state index contributed by atoms with van der Waals surface area (Å²) in [7, 11) is 0. The van der Waals surface area contributed by atoms with Crippen molar-refractivity contribution in [3.63, 3.8) is 0 Å². The molecule has 1 saturated carbocycles. The monoisotopic (exact) mass is 602 g/mol. The summed E-state index contributed by atoms with van der Waals surface area (Å²) in [6.07, 6.45) is -0.788. The van der Waals surface area contributed by atoms with Crippen molar-refractivity contribution in [1.82, 2.24) is 10.2 Å². The fourth-order valence-electron chi connectivity index (χ4n) is 6.22. The molecule has 42 heavy (non-hydrogen) atoms. The molecule has 1 N–H and O–H groups in total. The molecule has 0 spiro atoms. The molecular formula is C31H37ClF2N4O4. The van der Waals surface area contributed by atoms with Crippen LogP contribution in [0.25, 0.3) is 4.85 Å². The number of ether oxygens (including phenoxy) is 2. The molecule has 0 atom stereocenters. The quantitative estimate of drug-likeness (QED) is 0.379. The maximum atomic E-state index is 15.3. The maximum Gasteiger partial charge on any atom is 0.410 e. The van der Waals surface area contributed by atoms with Gasteiger partial charge in [0.15, 0.2) is 0 Å². The first-order chi connectivity index (χ1) is 19.5. The molecule has 4 rings (SSSR count). The number of carbonyl (C=O) groups is 2. The number of carbonyl (C=O) groups excluding carboxylic acids is 2. The fraction of sp³-hybridized carbons (Fsp3) is 0.516. The van der Waals surface area contributed by atoms with Gasteiger partial charge in [0, 0.05) is 48.7 Å².